The Morgan fingerprint density at radius 3 is 2.50 bits per heavy atom. The number of rotatable bonds is 6. The van der Waals surface area contributed by atoms with Gasteiger partial charge in [0.15, 0.2) is 0 Å². The molecule has 1 amide bonds. The van der Waals surface area contributed by atoms with Gasteiger partial charge < -0.3 is 15.2 Å². The number of benzene rings is 2. The van der Waals surface area contributed by atoms with E-state index in [4.69, 9.17) is 4.74 Å². The van der Waals surface area contributed by atoms with E-state index in [0.29, 0.717) is 5.82 Å². The predicted octanol–water partition coefficient (Wildman–Crippen LogP) is 4.29. The first kappa shape index (κ1) is 22.4. The largest absolute Gasteiger partial charge is 0.507 e. The average Bonchev–Trinajstić information content (AvgIpc) is 2.81. The molecule has 7 heteroatoms. The van der Waals surface area contributed by atoms with E-state index in [1.54, 1.807) is 37.7 Å². The van der Waals surface area contributed by atoms with Gasteiger partial charge in [-0.05, 0) is 42.0 Å². The maximum atomic E-state index is 11.8. The highest BCUT2D eigenvalue weighted by Crippen LogP contribution is 2.26. The molecule has 0 spiro atoms. The predicted molar refractivity (Wildman–Crippen MR) is 120 cm³/mol. The van der Waals surface area contributed by atoms with Crippen LogP contribution < -0.4 is 15.5 Å². The van der Waals surface area contributed by atoms with E-state index < -0.39 is 0 Å². The summed E-state index contributed by atoms with van der Waals surface area (Å²) in [6, 6.07) is 16.0. The normalized spacial score (nSPS) is 10.1. The van der Waals surface area contributed by atoms with Gasteiger partial charge in [-0.2, -0.15) is 5.10 Å². The zero-order valence-electron chi connectivity index (χ0n) is 17.5. The number of carbonyl (C=O) groups is 1. The van der Waals surface area contributed by atoms with Crippen molar-refractivity contribution in [3.05, 3.63) is 71.9 Å². The highest BCUT2D eigenvalue weighted by atomic mass is 16.5. The van der Waals surface area contributed by atoms with Gasteiger partial charge in [-0.1, -0.05) is 32.0 Å². The number of aromatic nitrogens is 1. The van der Waals surface area contributed by atoms with Crippen molar-refractivity contribution in [1.29, 1.82) is 0 Å². The van der Waals surface area contributed by atoms with E-state index >= 15 is 0 Å². The van der Waals surface area contributed by atoms with Crippen LogP contribution >= 0.6 is 0 Å². The molecule has 0 aliphatic carbocycles. The molecule has 0 radical (unpaired) electrons. The van der Waals surface area contributed by atoms with Gasteiger partial charge in [0.25, 0.3) is 5.91 Å². The second-order valence-corrected chi connectivity index (χ2v) is 5.86. The van der Waals surface area contributed by atoms with Crippen LogP contribution in [0.3, 0.4) is 0 Å². The number of aromatic hydroxyl groups is 1. The van der Waals surface area contributed by atoms with Gasteiger partial charge in [0, 0.05) is 24.4 Å². The van der Waals surface area contributed by atoms with Crippen molar-refractivity contribution in [3.8, 4) is 22.6 Å². The number of hydrogen-bond acceptors (Lipinski definition) is 6. The molecule has 1 heterocycles. The lowest BCUT2D eigenvalue weighted by Gasteiger charge is -2.08. The van der Waals surface area contributed by atoms with Crippen molar-refractivity contribution in [3.63, 3.8) is 0 Å². The summed E-state index contributed by atoms with van der Waals surface area (Å²) in [6.07, 6.45) is 3.32. The summed E-state index contributed by atoms with van der Waals surface area (Å²) < 4.78 is 5.27. The standard InChI is InChI=1S/C21H20N4O3.C2H6/c1-22-21(27)17-11-14(7-9-18(17)26)15-8-10-20(23-12-15)25-24-13-16-5-3-4-6-19(16)28-2;1-2/h3-13,26H,1-2H3,(H,22,27)(H,23,25);1-2H3/b24-13+;. The van der Waals surface area contributed by atoms with Crippen LogP contribution in [-0.2, 0) is 0 Å². The fraction of sp³-hybridized carbons (Fsp3) is 0.174. The number of para-hydroxylation sites is 1. The first-order valence-electron chi connectivity index (χ1n) is 9.56. The van der Waals surface area contributed by atoms with E-state index in [0.717, 1.165) is 22.4 Å². The molecule has 30 heavy (non-hydrogen) atoms. The summed E-state index contributed by atoms with van der Waals surface area (Å²) in [6.45, 7) is 4.00. The second kappa shape index (κ2) is 11.2. The molecule has 0 atom stereocenters. The minimum absolute atomic E-state index is 0.0694. The Morgan fingerprint density at radius 2 is 1.83 bits per heavy atom. The highest BCUT2D eigenvalue weighted by molar-refractivity contribution is 5.97. The number of amides is 1. The molecule has 3 N–H and O–H groups in total. The zero-order valence-corrected chi connectivity index (χ0v) is 17.5. The van der Waals surface area contributed by atoms with Crippen LogP contribution in [0.15, 0.2) is 65.9 Å². The Labute approximate surface area is 176 Å². The van der Waals surface area contributed by atoms with Gasteiger partial charge in [0.05, 0.1) is 18.9 Å². The van der Waals surface area contributed by atoms with E-state index in [1.807, 2.05) is 44.2 Å². The molecule has 0 bridgehead atoms. The number of phenols is 1. The molecule has 3 rings (SSSR count). The fourth-order valence-corrected chi connectivity index (χ4v) is 2.60. The molecular weight excluding hydrogens is 380 g/mol. The highest BCUT2D eigenvalue weighted by Gasteiger charge is 2.11. The molecule has 156 valence electrons. The van der Waals surface area contributed by atoms with Gasteiger partial charge in [-0.3, -0.25) is 10.2 Å². The van der Waals surface area contributed by atoms with Crippen molar-refractivity contribution in [2.24, 2.45) is 5.10 Å². The molecule has 1 aromatic heterocycles. The maximum Gasteiger partial charge on any atom is 0.254 e. The molecule has 0 aliphatic heterocycles. The molecule has 2 aromatic carbocycles. The van der Waals surface area contributed by atoms with Crippen LogP contribution in [0, 0.1) is 0 Å². The smallest absolute Gasteiger partial charge is 0.254 e. The third-order valence-electron chi connectivity index (χ3n) is 4.09. The van der Waals surface area contributed by atoms with E-state index in [9.17, 15) is 9.90 Å². The lowest BCUT2D eigenvalue weighted by atomic mass is 10.0. The molecule has 0 saturated carbocycles. The Balaban J connectivity index is 0.00000155. The van der Waals surface area contributed by atoms with Gasteiger partial charge in [-0.15, -0.1) is 0 Å². The number of phenolic OH excluding ortho intramolecular Hbond substituents is 1. The Kier molecular flexibility index (Phi) is 8.38. The lowest BCUT2D eigenvalue weighted by molar-refractivity contribution is 0.0960. The van der Waals surface area contributed by atoms with E-state index in [1.165, 1.54) is 13.1 Å². The quantitative estimate of drug-likeness (QED) is 0.419. The van der Waals surface area contributed by atoms with E-state index in [2.05, 4.69) is 20.8 Å². The van der Waals surface area contributed by atoms with Crippen LogP contribution in [0.5, 0.6) is 11.5 Å². The number of hydrogen-bond donors (Lipinski definition) is 3. The Hall–Kier alpha value is -3.87. The fourth-order valence-electron chi connectivity index (χ4n) is 2.60. The first-order valence-corrected chi connectivity index (χ1v) is 9.56. The van der Waals surface area contributed by atoms with Crippen LogP contribution in [0.2, 0.25) is 0 Å². The second-order valence-electron chi connectivity index (χ2n) is 5.86. The first-order chi connectivity index (χ1) is 14.6. The Bertz CT molecular complexity index is 1000. The number of methoxy groups -OCH3 is 1. The molecule has 3 aromatic rings. The molecule has 7 nitrogen and oxygen atoms in total. The maximum absolute atomic E-state index is 11.8. The monoisotopic (exact) mass is 406 g/mol. The van der Waals surface area contributed by atoms with Crippen LogP contribution in [0.25, 0.3) is 11.1 Å². The van der Waals surface area contributed by atoms with Crippen LogP contribution in [0.4, 0.5) is 5.82 Å². The number of pyridine rings is 1. The van der Waals surface area contributed by atoms with Crippen LogP contribution in [-0.4, -0.2) is 36.4 Å². The minimum atomic E-state index is -0.351. The van der Waals surface area contributed by atoms with Crippen molar-refractivity contribution in [2.75, 3.05) is 19.6 Å². The topological polar surface area (TPSA) is 95.8 Å². The summed E-state index contributed by atoms with van der Waals surface area (Å²) in [5, 5.41) is 16.5. The summed E-state index contributed by atoms with van der Waals surface area (Å²) >= 11 is 0. The van der Waals surface area contributed by atoms with Gasteiger partial charge in [0.2, 0.25) is 0 Å². The van der Waals surface area contributed by atoms with Gasteiger partial charge in [-0.25, -0.2) is 4.98 Å². The third-order valence-corrected chi connectivity index (χ3v) is 4.09. The molecule has 0 saturated heterocycles. The van der Waals surface area contributed by atoms with Gasteiger partial charge >= 0.3 is 0 Å². The number of nitrogens with zero attached hydrogens (tertiary/aromatic N) is 2. The summed E-state index contributed by atoms with van der Waals surface area (Å²) in [7, 11) is 3.13. The number of anilines is 1. The molecule has 0 unspecified atom stereocenters. The summed E-state index contributed by atoms with van der Waals surface area (Å²) in [5.74, 6) is 0.882. The van der Waals surface area contributed by atoms with Gasteiger partial charge in [0.1, 0.15) is 17.3 Å². The zero-order chi connectivity index (χ0) is 21.9. The summed E-state index contributed by atoms with van der Waals surface area (Å²) in [5.41, 5.74) is 5.51. The molecule has 0 aliphatic rings. The Morgan fingerprint density at radius 1 is 1.10 bits per heavy atom. The number of carbonyl (C=O) groups excluding carboxylic acids is 1. The van der Waals surface area contributed by atoms with Crippen molar-refractivity contribution >= 4 is 17.9 Å². The SMILES string of the molecule is CC.CNC(=O)c1cc(-c2ccc(N/N=C/c3ccccc3OC)nc2)ccc1O. The van der Waals surface area contributed by atoms with Crippen molar-refractivity contribution in [1.82, 2.24) is 10.3 Å². The number of ether oxygens (including phenoxy) is 1. The average molecular weight is 406 g/mol. The molecule has 0 fully saturated rings. The minimum Gasteiger partial charge on any atom is -0.507 e. The molecular formula is C23H26N4O3. The lowest BCUT2D eigenvalue weighted by Crippen LogP contribution is -2.17. The van der Waals surface area contributed by atoms with Crippen LogP contribution in [0.1, 0.15) is 29.8 Å². The van der Waals surface area contributed by atoms with E-state index in [-0.39, 0.29) is 17.2 Å². The number of nitrogens with one attached hydrogen (secondary N) is 2. The van der Waals surface area contributed by atoms with Crippen molar-refractivity contribution < 1.29 is 14.6 Å². The summed E-state index contributed by atoms with van der Waals surface area (Å²) in [4.78, 5) is 16.2. The third kappa shape index (κ3) is 5.57. The van der Waals surface area contributed by atoms with Crippen molar-refractivity contribution in [2.45, 2.75) is 13.8 Å². The number of hydrazone groups is 1.